The van der Waals surface area contributed by atoms with Crippen molar-refractivity contribution in [2.45, 2.75) is 23.6 Å². The van der Waals surface area contributed by atoms with Crippen molar-refractivity contribution in [2.24, 2.45) is 5.73 Å². The Balaban J connectivity index is 2.41. The summed E-state index contributed by atoms with van der Waals surface area (Å²) >= 11 is 0. The number of rotatable bonds is 3. The van der Waals surface area contributed by atoms with E-state index in [1.54, 1.807) is 0 Å². The Labute approximate surface area is 105 Å². The molecule has 1 aliphatic rings. The zero-order valence-electron chi connectivity index (χ0n) is 9.80. The highest BCUT2D eigenvalue weighted by molar-refractivity contribution is 7.92. The molecule has 0 aromatic heterocycles. The molecule has 1 aromatic rings. The van der Waals surface area contributed by atoms with Crippen LogP contribution in [0.4, 0.5) is 4.39 Å². The first-order chi connectivity index (χ1) is 8.36. The lowest BCUT2D eigenvalue weighted by molar-refractivity contribution is 0.593. The van der Waals surface area contributed by atoms with Gasteiger partial charge in [0.05, 0.1) is 6.07 Å². The van der Waals surface area contributed by atoms with E-state index in [9.17, 15) is 12.8 Å². The van der Waals surface area contributed by atoms with Gasteiger partial charge in [-0.25, -0.2) is 12.8 Å². The summed E-state index contributed by atoms with van der Waals surface area (Å²) in [7, 11) is -3.39. The highest BCUT2D eigenvalue weighted by Gasteiger charge is 2.69. The summed E-state index contributed by atoms with van der Waals surface area (Å²) in [6, 6.07) is 7.30. The Bertz CT molecular complexity index is 606. The molecule has 3 atom stereocenters. The fourth-order valence-electron chi connectivity index (χ4n) is 2.31. The third-order valence-corrected chi connectivity index (χ3v) is 5.63. The van der Waals surface area contributed by atoms with Gasteiger partial charge in [0.15, 0.2) is 9.84 Å². The van der Waals surface area contributed by atoms with Gasteiger partial charge in [0, 0.05) is 11.7 Å². The molecule has 0 aliphatic heterocycles. The van der Waals surface area contributed by atoms with Crippen LogP contribution in [0.3, 0.4) is 0 Å². The first-order valence-corrected chi connectivity index (χ1v) is 7.25. The van der Waals surface area contributed by atoms with E-state index in [1.807, 2.05) is 6.07 Å². The molecule has 0 amide bonds. The van der Waals surface area contributed by atoms with Gasteiger partial charge in [0.1, 0.15) is 16.6 Å². The molecule has 1 aromatic carbocycles. The van der Waals surface area contributed by atoms with Crippen molar-refractivity contribution in [1.82, 2.24) is 0 Å². The average molecular weight is 268 g/mol. The Morgan fingerprint density at radius 3 is 2.44 bits per heavy atom. The van der Waals surface area contributed by atoms with Crippen molar-refractivity contribution in [3.8, 4) is 6.07 Å². The predicted molar refractivity (Wildman–Crippen MR) is 64.9 cm³/mol. The zero-order valence-corrected chi connectivity index (χ0v) is 10.6. The minimum absolute atomic E-state index is 0.0595. The van der Waals surface area contributed by atoms with Gasteiger partial charge in [-0.2, -0.15) is 5.26 Å². The molecule has 1 aliphatic carbocycles. The number of hydrogen-bond donors (Lipinski definition) is 1. The number of nitrogens with two attached hydrogens (primary N) is 1. The van der Waals surface area contributed by atoms with Crippen LogP contribution in [0.2, 0.25) is 0 Å². The molecule has 0 bridgehead atoms. The molecule has 18 heavy (non-hydrogen) atoms. The van der Waals surface area contributed by atoms with Gasteiger partial charge in [0.2, 0.25) is 0 Å². The standard InChI is InChI=1S/C12H13FN2O2S/c1-2-18(16,17)11-10(12(11,15)7-14)8-3-5-9(13)6-4-8/h3-6,10-11H,2,15H2,1H3. The highest BCUT2D eigenvalue weighted by Crippen LogP contribution is 2.53. The molecule has 3 unspecified atom stereocenters. The van der Waals surface area contributed by atoms with Gasteiger partial charge in [-0.1, -0.05) is 19.1 Å². The van der Waals surface area contributed by atoms with Gasteiger partial charge in [-0.3, -0.25) is 0 Å². The number of halogens is 1. The van der Waals surface area contributed by atoms with Crippen molar-refractivity contribution in [2.75, 3.05) is 5.75 Å². The minimum Gasteiger partial charge on any atom is -0.312 e. The molecule has 0 spiro atoms. The van der Waals surface area contributed by atoms with E-state index in [2.05, 4.69) is 0 Å². The van der Waals surface area contributed by atoms with Crippen LogP contribution in [0.1, 0.15) is 18.4 Å². The quantitative estimate of drug-likeness (QED) is 0.884. The Kier molecular flexibility index (Phi) is 2.92. The van der Waals surface area contributed by atoms with Crippen molar-refractivity contribution < 1.29 is 12.8 Å². The Morgan fingerprint density at radius 1 is 1.44 bits per heavy atom. The second kappa shape index (κ2) is 4.04. The first-order valence-electron chi connectivity index (χ1n) is 5.54. The molecule has 2 rings (SSSR count). The third kappa shape index (κ3) is 1.80. The number of hydrogen-bond acceptors (Lipinski definition) is 4. The molecule has 1 saturated carbocycles. The molecule has 0 saturated heterocycles. The van der Waals surface area contributed by atoms with Crippen LogP contribution in [0.15, 0.2) is 24.3 Å². The lowest BCUT2D eigenvalue weighted by Gasteiger charge is -2.00. The van der Waals surface area contributed by atoms with E-state index in [4.69, 9.17) is 11.0 Å². The van der Waals surface area contributed by atoms with E-state index in [0.29, 0.717) is 5.56 Å². The molecule has 0 heterocycles. The fraction of sp³-hybridized carbons (Fsp3) is 0.417. The highest BCUT2D eigenvalue weighted by atomic mass is 32.2. The number of nitriles is 1. The second-order valence-corrected chi connectivity index (χ2v) is 6.86. The van der Waals surface area contributed by atoms with Crippen LogP contribution in [0.25, 0.3) is 0 Å². The van der Waals surface area contributed by atoms with Crippen molar-refractivity contribution >= 4 is 9.84 Å². The molecule has 6 heteroatoms. The fourth-order valence-corrected chi connectivity index (χ4v) is 4.18. The molecule has 0 radical (unpaired) electrons. The second-order valence-electron chi connectivity index (χ2n) is 4.45. The van der Waals surface area contributed by atoms with Crippen LogP contribution >= 0.6 is 0 Å². The summed E-state index contributed by atoms with van der Waals surface area (Å²) in [4.78, 5) is 0. The lowest BCUT2D eigenvalue weighted by atomic mass is 10.1. The van der Waals surface area contributed by atoms with E-state index >= 15 is 0 Å². The summed E-state index contributed by atoms with van der Waals surface area (Å²) < 4.78 is 36.6. The van der Waals surface area contributed by atoms with E-state index in [-0.39, 0.29) is 5.75 Å². The average Bonchev–Trinajstić information content (AvgIpc) is 2.98. The van der Waals surface area contributed by atoms with Gasteiger partial charge in [-0.15, -0.1) is 0 Å². The smallest absolute Gasteiger partial charge is 0.156 e. The van der Waals surface area contributed by atoms with Crippen LogP contribution in [-0.4, -0.2) is 25.0 Å². The largest absolute Gasteiger partial charge is 0.312 e. The maximum Gasteiger partial charge on any atom is 0.156 e. The van der Waals surface area contributed by atoms with E-state index < -0.39 is 32.4 Å². The van der Waals surface area contributed by atoms with Crippen LogP contribution in [0, 0.1) is 17.1 Å². The third-order valence-electron chi connectivity index (χ3n) is 3.39. The van der Waals surface area contributed by atoms with Crippen molar-refractivity contribution in [3.05, 3.63) is 35.6 Å². The summed E-state index contributed by atoms with van der Waals surface area (Å²) in [5, 5.41) is 8.17. The van der Waals surface area contributed by atoms with E-state index in [1.165, 1.54) is 31.2 Å². The Hall–Kier alpha value is -1.45. The molecule has 1 fully saturated rings. The maximum atomic E-state index is 12.8. The Morgan fingerprint density at radius 2 is 2.00 bits per heavy atom. The first kappa shape index (κ1) is 13.0. The van der Waals surface area contributed by atoms with Gasteiger partial charge >= 0.3 is 0 Å². The van der Waals surface area contributed by atoms with Gasteiger partial charge in [-0.05, 0) is 17.7 Å². The monoisotopic (exact) mass is 268 g/mol. The molecule has 2 N–H and O–H groups in total. The SMILES string of the molecule is CCS(=O)(=O)C1C(c2ccc(F)cc2)C1(N)C#N. The summed E-state index contributed by atoms with van der Waals surface area (Å²) in [5.74, 6) is -1.04. The normalized spacial score (nSPS) is 30.8. The number of benzene rings is 1. The molecular weight excluding hydrogens is 255 g/mol. The lowest BCUT2D eigenvalue weighted by Crippen LogP contribution is -2.29. The van der Waals surface area contributed by atoms with Crippen molar-refractivity contribution in [1.29, 1.82) is 5.26 Å². The number of sulfone groups is 1. The van der Waals surface area contributed by atoms with Gasteiger partial charge < -0.3 is 5.73 Å². The summed E-state index contributed by atoms with van der Waals surface area (Å²) in [6.07, 6.45) is 0. The summed E-state index contributed by atoms with van der Waals surface area (Å²) in [5.41, 5.74) is 5.02. The van der Waals surface area contributed by atoms with E-state index in [0.717, 1.165) is 0 Å². The van der Waals surface area contributed by atoms with Crippen LogP contribution in [-0.2, 0) is 9.84 Å². The maximum absolute atomic E-state index is 12.8. The van der Waals surface area contributed by atoms with Gasteiger partial charge in [0.25, 0.3) is 0 Å². The molecule has 96 valence electrons. The predicted octanol–water partition coefficient (Wildman–Crippen LogP) is 0.947. The summed E-state index contributed by atoms with van der Waals surface area (Å²) in [6.45, 7) is 1.52. The minimum atomic E-state index is -3.39. The zero-order chi connectivity index (χ0) is 13.6. The topological polar surface area (TPSA) is 83.9 Å². The molecular formula is C12H13FN2O2S. The van der Waals surface area contributed by atoms with Crippen LogP contribution < -0.4 is 5.73 Å². The van der Waals surface area contributed by atoms with Crippen LogP contribution in [0.5, 0.6) is 0 Å². The number of nitrogens with zero attached hydrogens (tertiary/aromatic N) is 1. The van der Waals surface area contributed by atoms with Crippen molar-refractivity contribution in [3.63, 3.8) is 0 Å². The molecule has 4 nitrogen and oxygen atoms in total.